The molecule has 0 amide bonds. The molecule has 0 aliphatic carbocycles. The summed E-state index contributed by atoms with van der Waals surface area (Å²) in [5.74, 6) is 4.90. The summed E-state index contributed by atoms with van der Waals surface area (Å²) in [7, 11) is 1.39. The van der Waals surface area contributed by atoms with Crippen molar-refractivity contribution in [2.75, 3.05) is 7.11 Å². The Hall–Kier alpha value is -1.50. The lowest BCUT2D eigenvalue weighted by Crippen LogP contribution is -2.29. The van der Waals surface area contributed by atoms with Gasteiger partial charge in [-0.25, -0.2) is 8.78 Å². The minimum Gasteiger partial charge on any atom is -0.494 e. The molecule has 0 aromatic heterocycles. The largest absolute Gasteiger partial charge is 0.494 e. The molecule has 3 nitrogen and oxygen atoms in total. The van der Waals surface area contributed by atoms with E-state index in [-0.39, 0.29) is 17.6 Å². The van der Waals surface area contributed by atoms with Gasteiger partial charge in [0.15, 0.2) is 11.6 Å². The molecular weight excluding hydrogens is 342 g/mol. The zero-order chi connectivity index (χ0) is 15.4. The van der Waals surface area contributed by atoms with Crippen LogP contribution in [0.2, 0.25) is 0 Å². The maximum absolute atomic E-state index is 13.9. The standard InChI is InChI=1S/C15H15BrF2N2O/c1-21-15-7-10(3-5-12(15)17)14(20-19)6-9-2-4-11(16)8-13(9)18/h2-5,7-8,14,20H,6,19H2,1H3. The first-order valence-corrected chi connectivity index (χ1v) is 7.08. The van der Waals surface area contributed by atoms with E-state index >= 15 is 0 Å². The van der Waals surface area contributed by atoms with Gasteiger partial charge in [-0.3, -0.25) is 11.3 Å². The summed E-state index contributed by atoms with van der Waals surface area (Å²) < 4.78 is 32.9. The summed E-state index contributed by atoms with van der Waals surface area (Å²) in [5.41, 5.74) is 3.86. The van der Waals surface area contributed by atoms with E-state index in [9.17, 15) is 8.78 Å². The molecule has 0 radical (unpaired) electrons. The number of halogens is 3. The van der Waals surface area contributed by atoms with Crippen molar-refractivity contribution in [2.24, 2.45) is 5.84 Å². The summed E-state index contributed by atoms with van der Waals surface area (Å²) >= 11 is 3.21. The summed E-state index contributed by atoms with van der Waals surface area (Å²) in [6, 6.07) is 8.94. The monoisotopic (exact) mass is 356 g/mol. The van der Waals surface area contributed by atoms with Gasteiger partial charge in [0.2, 0.25) is 0 Å². The molecule has 0 saturated carbocycles. The molecule has 0 spiro atoms. The Bertz CT molecular complexity index is 637. The van der Waals surface area contributed by atoms with Gasteiger partial charge < -0.3 is 4.74 Å². The van der Waals surface area contributed by atoms with Gasteiger partial charge in [0, 0.05) is 4.47 Å². The molecule has 0 aliphatic heterocycles. The van der Waals surface area contributed by atoms with Crippen LogP contribution in [0.5, 0.6) is 5.75 Å². The van der Waals surface area contributed by atoms with E-state index in [4.69, 9.17) is 10.6 Å². The molecule has 21 heavy (non-hydrogen) atoms. The van der Waals surface area contributed by atoms with Gasteiger partial charge in [-0.2, -0.15) is 0 Å². The van der Waals surface area contributed by atoms with Crippen molar-refractivity contribution in [1.29, 1.82) is 0 Å². The molecule has 0 fully saturated rings. The van der Waals surface area contributed by atoms with E-state index in [1.807, 2.05) is 0 Å². The van der Waals surface area contributed by atoms with Crippen LogP contribution in [0, 0.1) is 11.6 Å². The maximum Gasteiger partial charge on any atom is 0.165 e. The molecule has 0 heterocycles. The number of nitrogens with two attached hydrogens (primary N) is 1. The number of nitrogens with one attached hydrogen (secondary N) is 1. The van der Waals surface area contributed by atoms with Crippen LogP contribution in [0.4, 0.5) is 8.78 Å². The van der Waals surface area contributed by atoms with Crippen molar-refractivity contribution in [3.8, 4) is 5.75 Å². The Kier molecular flexibility index (Phi) is 5.27. The van der Waals surface area contributed by atoms with Crippen LogP contribution in [0.3, 0.4) is 0 Å². The molecule has 6 heteroatoms. The van der Waals surface area contributed by atoms with Crippen LogP contribution in [0.1, 0.15) is 17.2 Å². The third-order valence-electron chi connectivity index (χ3n) is 3.22. The summed E-state index contributed by atoms with van der Waals surface area (Å²) in [6.45, 7) is 0. The first-order valence-electron chi connectivity index (χ1n) is 6.28. The number of hydrazine groups is 1. The Morgan fingerprint density at radius 3 is 2.57 bits per heavy atom. The predicted octanol–water partition coefficient (Wildman–Crippen LogP) is 3.48. The van der Waals surface area contributed by atoms with Crippen molar-refractivity contribution in [2.45, 2.75) is 12.5 Å². The van der Waals surface area contributed by atoms with E-state index in [0.29, 0.717) is 16.5 Å². The number of benzene rings is 2. The minimum atomic E-state index is -0.452. The van der Waals surface area contributed by atoms with Gasteiger partial charge in [-0.15, -0.1) is 0 Å². The molecule has 0 bridgehead atoms. The van der Waals surface area contributed by atoms with E-state index in [1.165, 1.54) is 19.2 Å². The van der Waals surface area contributed by atoms with Gasteiger partial charge in [-0.1, -0.05) is 28.1 Å². The summed E-state index contributed by atoms with van der Waals surface area (Å²) in [4.78, 5) is 0. The van der Waals surface area contributed by atoms with Crippen molar-refractivity contribution in [3.63, 3.8) is 0 Å². The molecular formula is C15H15BrF2N2O. The van der Waals surface area contributed by atoms with E-state index in [0.717, 1.165) is 5.56 Å². The van der Waals surface area contributed by atoms with E-state index in [2.05, 4.69) is 21.4 Å². The Morgan fingerprint density at radius 2 is 1.95 bits per heavy atom. The predicted molar refractivity (Wildman–Crippen MR) is 80.8 cm³/mol. The van der Waals surface area contributed by atoms with Crippen molar-refractivity contribution < 1.29 is 13.5 Å². The van der Waals surface area contributed by atoms with Gasteiger partial charge in [0.25, 0.3) is 0 Å². The van der Waals surface area contributed by atoms with Crippen LogP contribution in [0.15, 0.2) is 40.9 Å². The topological polar surface area (TPSA) is 47.3 Å². The molecule has 1 atom stereocenters. The van der Waals surface area contributed by atoms with Crippen LogP contribution in [-0.4, -0.2) is 7.11 Å². The fourth-order valence-electron chi connectivity index (χ4n) is 2.07. The molecule has 112 valence electrons. The lowest BCUT2D eigenvalue weighted by Gasteiger charge is -2.18. The molecule has 0 aliphatic rings. The van der Waals surface area contributed by atoms with Gasteiger partial charge >= 0.3 is 0 Å². The van der Waals surface area contributed by atoms with Crippen LogP contribution >= 0.6 is 15.9 Å². The summed E-state index contributed by atoms with van der Waals surface area (Å²) in [5, 5.41) is 0. The average molecular weight is 357 g/mol. The van der Waals surface area contributed by atoms with Gasteiger partial charge in [-0.05, 0) is 41.8 Å². The van der Waals surface area contributed by atoms with Crippen LogP contribution in [0.25, 0.3) is 0 Å². The number of hydrogen-bond acceptors (Lipinski definition) is 3. The Labute approximate surface area is 130 Å². The van der Waals surface area contributed by atoms with E-state index in [1.54, 1.807) is 24.3 Å². The van der Waals surface area contributed by atoms with Gasteiger partial charge in [0.1, 0.15) is 5.82 Å². The van der Waals surface area contributed by atoms with Crippen molar-refractivity contribution in [3.05, 3.63) is 63.6 Å². The second-order valence-electron chi connectivity index (χ2n) is 4.55. The molecule has 3 N–H and O–H groups in total. The van der Waals surface area contributed by atoms with Crippen molar-refractivity contribution >= 4 is 15.9 Å². The maximum atomic E-state index is 13.9. The van der Waals surface area contributed by atoms with Crippen molar-refractivity contribution in [1.82, 2.24) is 5.43 Å². The Balaban J connectivity index is 2.27. The average Bonchev–Trinajstić information content (AvgIpc) is 2.47. The highest BCUT2D eigenvalue weighted by molar-refractivity contribution is 9.10. The number of hydrogen-bond donors (Lipinski definition) is 2. The highest BCUT2D eigenvalue weighted by Crippen LogP contribution is 2.26. The zero-order valence-electron chi connectivity index (χ0n) is 11.4. The quantitative estimate of drug-likeness (QED) is 0.636. The van der Waals surface area contributed by atoms with Crippen LogP contribution < -0.4 is 16.0 Å². The molecule has 2 aromatic rings. The van der Waals surface area contributed by atoms with Gasteiger partial charge in [0.05, 0.1) is 13.2 Å². The SMILES string of the molecule is COc1cc(C(Cc2ccc(Br)cc2F)NN)ccc1F. The normalized spacial score (nSPS) is 12.2. The third kappa shape index (κ3) is 3.78. The lowest BCUT2D eigenvalue weighted by molar-refractivity contribution is 0.384. The molecule has 1 unspecified atom stereocenters. The number of rotatable bonds is 5. The first kappa shape index (κ1) is 15.9. The number of ether oxygens (including phenoxy) is 1. The van der Waals surface area contributed by atoms with Crippen LogP contribution in [-0.2, 0) is 6.42 Å². The van der Waals surface area contributed by atoms with E-state index < -0.39 is 5.82 Å². The summed E-state index contributed by atoms with van der Waals surface area (Å²) in [6.07, 6.45) is 0.338. The highest BCUT2D eigenvalue weighted by atomic mass is 79.9. The third-order valence-corrected chi connectivity index (χ3v) is 3.71. The lowest BCUT2D eigenvalue weighted by atomic mass is 9.99. The minimum absolute atomic E-state index is 0.129. The Morgan fingerprint density at radius 1 is 1.19 bits per heavy atom. The number of methoxy groups -OCH3 is 1. The molecule has 2 aromatic carbocycles. The fourth-order valence-corrected chi connectivity index (χ4v) is 2.41. The second-order valence-corrected chi connectivity index (χ2v) is 5.47. The second kappa shape index (κ2) is 6.98. The highest BCUT2D eigenvalue weighted by Gasteiger charge is 2.15. The first-order chi connectivity index (χ1) is 10.0. The molecule has 0 saturated heterocycles. The molecule has 2 rings (SSSR count). The fraction of sp³-hybridized carbons (Fsp3) is 0.200. The zero-order valence-corrected chi connectivity index (χ0v) is 13.0. The smallest absolute Gasteiger partial charge is 0.165 e.